The van der Waals surface area contributed by atoms with E-state index in [9.17, 15) is 9.59 Å². The van der Waals surface area contributed by atoms with Crippen molar-refractivity contribution in [1.82, 2.24) is 9.80 Å². The Bertz CT molecular complexity index is 1200. The largest absolute Gasteiger partial charge is 0.494 e. The molecule has 1 aromatic heterocycles. The van der Waals surface area contributed by atoms with Gasteiger partial charge < -0.3 is 19.0 Å². The summed E-state index contributed by atoms with van der Waals surface area (Å²) < 4.78 is 11.6. The summed E-state index contributed by atoms with van der Waals surface area (Å²) in [6.07, 6.45) is 0.821. The molecule has 33 heavy (non-hydrogen) atoms. The predicted octanol–water partition coefficient (Wildman–Crippen LogP) is 4.78. The van der Waals surface area contributed by atoms with Crippen LogP contribution in [0.5, 0.6) is 5.75 Å². The van der Waals surface area contributed by atoms with E-state index >= 15 is 0 Å². The Morgan fingerprint density at radius 1 is 1.03 bits per heavy atom. The Kier molecular flexibility index (Phi) is 6.84. The second-order valence-corrected chi connectivity index (χ2v) is 8.46. The fraction of sp³-hybridized carbons (Fsp3) is 0.407. The third-order valence-electron chi connectivity index (χ3n) is 6.40. The highest BCUT2D eigenvalue weighted by molar-refractivity contribution is 5.99. The van der Waals surface area contributed by atoms with Gasteiger partial charge in [-0.2, -0.15) is 0 Å². The van der Waals surface area contributed by atoms with Crippen molar-refractivity contribution in [3.8, 4) is 5.75 Å². The molecular formula is C27H32N2O4. The molecule has 174 valence electrons. The average molecular weight is 449 g/mol. The quantitative estimate of drug-likeness (QED) is 0.472. The Hall–Kier alpha value is -3.12. The van der Waals surface area contributed by atoms with E-state index in [1.807, 2.05) is 50.2 Å². The van der Waals surface area contributed by atoms with Crippen LogP contribution < -0.4 is 10.2 Å². The van der Waals surface area contributed by atoms with E-state index in [0.717, 1.165) is 42.9 Å². The molecule has 1 aliphatic heterocycles. The van der Waals surface area contributed by atoms with Gasteiger partial charge in [-0.25, -0.2) is 0 Å². The van der Waals surface area contributed by atoms with Crippen LogP contribution in [-0.2, 0) is 0 Å². The topological polar surface area (TPSA) is 63.0 Å². The number of fused-ring (bicyclic) bond motifs is 2. The van der Waals surface area contributed by atoms with Crippen molar-refractivity contribution in [1.29, 1.82) is 0 Å². The van der Waals surface area contributed by atoms with Gasteiger partial charge in [0.1, 0.15) is 11.3 Å². The molecule has 4 rings (SSSR count). The number of rotatable bonds is 9. The molecule has 0 saturated carbocycles. The van der Waals surface area contributed by atoms with Crippen molar-refractivity contribution < 1.29 is 13.9 Å². The zero-order valence-corrected chi connectivity index (χ0v) is 19.9. The summed E-state index contributed by atoms with van der Waals surface area (Å²) in [7, 11) is 0. The number of carbonyl (C=O) groups is 1. The van der Waals surface area contributed by atoms with Crippen LogP contribution in [0.2, 0.25) is 0 Å². The second kappa shape index (κ2) is 9.79. The maximum absolute atomic E-state index is 13.6. The maximum Gasteiger partial charge on any atom is 0.290 e. The fourth-order valence-electron chi connectivity index (χ4n) is 4.63. The minimum atomic E-state index is -0.471. The molecule has 0 radical (unpaired) electrons. The highest BCUT2D eigenvalue weighted by Gasteiger charge is 2.42. The Morgan fingerprint density at radius 2 is 1.76 bits per heavy atom. The number of carbonyl (C=O) groups excluding carboxylic acids is 1. The monoisotopic (exact) mass is 448 g/mol. The molecule has 3 aromatic rings. The molecule has 0 unspecified atom stereocenters. The van der Waals surface area contributed by atoms with E-state index in [1.54, 1.807) is 11.0 Å². The molecule has 1 amide bonds. The molecule has 0 aliphatic carbocycles. The van der Waals surface area contributed by atoms with E-state index in [-0.39, 0.29) is 17.1 Å². The Labute approximate surface area is 194 Å². The maximum atomic E-state index is 13.6. The van der Waals surface area contributed by atoms with Crippen molar-refractivity contribution in [3.05, 3.63) is 75.1 Å². The van der Waals surface area contributed by atoms with Crippen LogP contribution in [0, 0.1) is 6.92 Å². The van der Waals surface area contributed by atoms with E-state index in [0.29, 0.717) is 29.7 Å². The summed E-state index contributed by atoms with van der Waals surface area (Å²) >= 11 is 0. The highest BCUT2D eigenvalue weighted by Crippen LogP contribution is 2.38. The number of ether oxygens (including phenoxy) is 1. The van der Waals surface area contributed by atoms with Gasteiger partial charge in [0, 0.05) is 6.54 Å². The number of hydrogen-bond acceptors (Lipinski definition) is 5. The SMILES string of the molecule is CCOc1ccc([C@H]2c3c(oc4ccc(C)cc4c3=O)C(=O)N2CCCN(CC)CC)cc1. The van der Waals surface area contributed by atoms with Gasteiger partial charge in [-0.3, -0.25) is 9.59 Å². The van der Waals surface area contributed by atoms with Crippen molar-refractivity contribution in [2.75, 3.05) is 32.8 Å². The van der Waals surface area contributed by atoms with Gasteiger partial charge in [-0.05, 0) is 69.7 Å². The summed E-state index contributed by atoms with van der Waals surface area (Å²) in [5.41, 5.74) is 2.62. The minimum absolute atomic E-state index is 0.131. The summed E-state index contributed by atoms with van der Waals surface area (Å²) in [6.45, 7) is 12.1. The normalized spacial score (nSPS) is 15.5. The summed E-state index contributed by atoms with van der Waals surface area (Å²) in [5, 5.41) is 0.516. The average Bonchev–Trinajstić information content (AvgIpc) is 3.10. The lowest BCUT2D eigenvalue weighted by Crippen LogP contribution is -2.33. The van der Waals surface area contributed by atoms with Crippen LogP contribution in [0.3, 0.4) is 0 Å². The van der Waals surface area contributed by atoms with Crippen LogP contribution in [0.15, 0.2) is 51.7 Å². The Morgan fingerprint density at radius 3 is 2.42 bits per heavy atom. The lowest BCUT2D eigenvalue weighted by Gasteiger charge is -2.26. The Balaban J connectivity index is 1.78. The molecule has 2 aromatic carbocycles. The molecule has 0 bridgehead atoms. The van der Waals surface area contributed by atoms with Crippen LogP contribution in [0.1, 0.15) is 60.5 Å². The first-order chi connectivity index (χ1) is 16.0. The molecule has 6 nitrogen and oxygen atoms in total. The standard InChI is InChI=1S/C27H32N2O4/c1-5-28(6-2)15-8-16-29-24(19-10-12-20(13-11-19)32-7-3)23-25(30)21-17-18(4)9-14-22(21)33-26(23)27(29)31/h9-14,17,24H,5-8,15-16H2,1-4H3/t24-/m0/s1. The van der Waals surface area contributed by atoms with Crippen LogP contribution in [0.4, 0.5) is 0 Å². The summed E-state index contributed by atoms with van der Waals surface area (Å²) in [5.74, 6) is 0.709. The third-order valence-corrected chi connectivity index (χ3v) is 6.40. The molecule has 2 heterocycles. The van der Waals surface area contributed by atoms with Gasteiger partial charge in [0.25, 0.3) is 5.91 Å². The van der Waals surface area contributed by atoms with Crippen molar-refractivity contribution in [2.45, 2.75) is 40.2 Å². The first kappa shape index (κ1) is 23.1. The van der Waals surface area contributed by atoms with Crippen molar-refractivity contribution in [3.63, 3.8) is 0 Å². The molecule has 0 spiro atoms. The lowest BCUT2D eigenvalue weighted by molar-refractivity contribution is 0.0720. The van der Waals surface area contributed by atoms with Gasteiger partial charge in [0.2, 0.25) is 5.76 Å². The number of benzene rings is 2. The molecule has 0 N–H and O–H groups in total. The number of amides is 1. The minimum Gasteiger partial charge on any atom is -0.494 e. The highest BCUT2D eigenvalue weighted by atomic mass is 16.5. The molecule has 6 heteroatoms. The van der Waals surface area contributed by atoms with E-state index in [1.165, 1.54) is 0 Å². The number of aryl methyl sites for hydroxylation is 1. The van der Waals surface area contributed by atoms with Crippen LogP contribution >= 0.6 is 0 Å². The molecule has 1 atom stereocenters. The molecular weight excluding hydrogens is 416 g/mol. The molecule has 1 aliphatic rings. The van der Waals surface area contributed by atoms with Crippen molar-refractivity contribution in [2.24, 2.45) is 0 Å². The first-order valence-corrected chi connectivity index (χ1v) is 11.8. The third kappa shape index (κ3) is 4.40. The lowest BCUT2D eigenvalue weighted by atomic mass is 9.98. The van der Waals surface area contributed by atoms with Gasteiger partial charge in [0.05, 0.1) is 23.6 Å². The van der Waals surface area contributed by atoms with Gasteiger partial charge in [-0.1, -0.05) is 37.6 Å². The van der Waals surface area contributed by atoms with E-state index in [4.69, 9.17) is 9.15 Å². The summed E-state index contributed by atoms with van der Waals surface area (Å²) in [6, 6.07) is 12.7. The van der Waals surface area contributed by atoms with Crippen molar-refractivity contribution >= 4 is 16.9 Å². The van der Waals surface area contributed by atoms with Gasteiger partial charge >= 0.3 is 0 Å². The zero-order chi connectivity index (χ0) is 23.5. The van der Waals surface area contributed by atoms with E-state index in [2.05, 4.69) is 18.7 Å². The molecule has 0 saturated heterocycles. The zero-order valence-electron chi connectivity index (χ0n) is 19.9. The molecule has 0 fully saturated rings. The van der Waals surface area contributed by atoms with E-state index < -0.39 is 6.04 Å². The van der Waals surface area contributed by atoms with Crippen LogP contribution in [0.25, 0.3) is 11.0 Å². The van der Waals surface area contributed by atoms with Gasteiger partial charge in [-0.15, -0.1) is 0 Å². The predicted molar refractivity (Wildman–Crippen MR) is 130 cm³/mol. The fourth-order valence-corrected chi connectivity index (χ4v) is 4.63. The first-order valence-electron chi connectivity index (χ1n) is 11.8. The number of hydrogen-bond donors (Lipinski definition) is 0. The second-order valence-electron chi connectivity index (χ2n) is 8.46. The van der Waals surface area contributed by atoms with Crippen LogP contribution in [-0.4, -0.2) is 48.5 Å². The summed E-state index contributed by atoms with van der Waals surface area (Å²) in [4.78, 5) is 31.2. The number of nitrogens with zero attached hydrogens (tertiary/aromatic N) is 2. The smallest absolute Gasteiger partial charge is 0.290 e. The van der Waals surface area contributed by atoms with Gasteiger partial charge in [0.15, 0.2) is 5.43 Å².